The Morgan fingerprint density at radius 3 is 2.92 bits per heavy atom. The summed E-state index contributed by atoms with van der Waals surface area (Å²) in [5, 5.41) is 0.403. The van der Waals surface area contributed by atoms with E-state index in [1.807, 2.05) is 0 Å². The first kappa shape index (κ1) is 8.44. The highest BCUT2D eigenvalue weighted by molar-refractivity contribution is 6.29. The molecule has 5 heteroatoms. The van der Waals surface area contributed by atoms with Gasteiger partial charge in [-0.15, -0.1) is 0 Å². The Morgan fingerprint density at radius 2 is 2.38 bits per heavy atom. The first-order chi connectivity index (χ1) is 6.18. The molecule has 2 rings (SSSR count). The van der Waals surface area contributed by atoms with E-state index in [0.29, 0.717) is 5.15 Å². The van der Waals surface area contributed by atoms with Crippen molar-refractivity contribution in [3.63, 3.8) is 0 Å². The SMILES string of the molecule is NC(=O)C1C[C@@H]1c1cc(Cl)ncn1. The molecule has 4 nitrogen and oxygen atoms in total. The van der Waals surface area contributed by atoms with Crippen LogP contribution in [0.5, 0.6) is 0 Å². The summed E-state index contributed by atoms with van der Waals surface area (Å²) in [5.74, 6) is -0.177. The van der Waals surface area contributed by atoms with E-state index in [4.69, 9.17) is 17.3 Å². The van der Waals surface area contributed by atoms with Crippen molar-refractivity contribution in [3.05, 3.63) is 23.2 Å². The molecule has 0 saturated heterocycles. The fourth-order valence-corrected chi connectivity index (χ4v) is 1.54. The van der Waals surface area contributed by atoms with Crippen LogP contribution in [0.2, 0.25) is 5.15 Å². The maximum atomic E-state index is 10.8. The molecule has 1 unspecified atom stereocenters. The van der Waals surface area contributed by atoms with Gasteiger partial charge in [-0.05, 0) is 12.5 Å². The Hall–Kier alpha value is -1.16. The van der Waals surface area contributed by atoms with E-state index in [1.165, 1.54) is 6.33 Å². The van der Waals surface area contributed by atoms with Gasteiger partial charge in [0.25, 0.3) is 0 Å². The van der Waals surface area contributed by atoms with Gasteiger partial charge in [0.15, 0.2) is 0 Å². The van der Waals surface area contributed by atoms with Gasteiger partial charge in [0, 0.05) is 17.5 Å². The van der Waals surface area contributed by atoms with Crippen LogP contribution in [0.4, 0.5) is 0 Å². The topological polar surface area (TPSA) is 68.9 Å². The van der Waals surface area contributed by atoms with E-state index in [2.05, 4.69) is 9.97 Å². The summed E-state index contributed by atoms with van der Waals surface area (Å²) < 4.78 is 0. The molecule has 2 N–H and O–H groups in total. The molecule has 1 aromatic heterocycles. The highest BCUT2D eigenvalue weighted by Gasteiger charge is 2.43. The number of amides is 1. The van der Waals surface area contributed by atoms with Crippen molar-refractivity contribution < 1.29 is 4.79 Å². The van der Waals surface area contributed by atoms with Crippen LogP contribution in [-0.2, 0) is 4.79 Å². The number of carbonyl (C=O) groups is 1. The number of rotatable bonds is 2. The molecule has 1 amide bonds. The van der Waals surface area contributed by atoms with Crippen LogP contribution in [0.25, 0.3) is 0 Å². The zero-order valence-electron chi connectivity index (χ0n) is 6.77. The first-order valence-corrected chi connectivity index (χ1v) is 4.33. The van der Waals surface area contributed by atoms with Crippen LogP contribution in [0.15, 0.2) is 12.4 Å². The normalized spacial score (nSPS) is 25.6. The molecule has 0 aromatic carbocycles. The van der Waals surface area contributed by atoms with E-state index in [-0.39, 0.29) is 17.7 Å². The van der Waals surface area contributed by atoms with Gasteiger partial charge in [0.05, 0.1) is 0 Å². The number of carbonyl (C=O) groups excluding carboxylic acids is 1. The maximum Gasteiger partial charge on any atom is 0.221 e. The highest BCUT2D eigenvalue weighted by Crippen LogP contribution is 2.46. The van der Waals surface area contributed by atoms with Gasteiger partial charge in [-0.3, -0.25) is 4.79 Å². The van der Waals surface area contributed by atoms with Crippen LogP contribution in [-0.4, -0.2) is 15.9 Å². The van der Waals surface area contributed by atoms with Gasteiger partial charge in [-0.2, -0.15) is 0 Å². The Kier molecular flexibility index (Phi) is 1.92. The number of halogens is 1. The lowest BCUT2D eigenvalue weighted by Gasteiger charge is -1.96. The number of hydrogen-bond acceptors (Lipinski definition) is 3. The Balaban J connectivity index is 2.16. The molecule has 1 aliphatic carbocycles. The van der Waals surface area contributed by atoms with E-state index >= 15 is 0 Å². The molecule has 1 fully saturated rings. The molecule has 0 bridgehead atoms. The van der Waals surface area contributed by atoms with E-state index < -0.39 is 0 Å². The average molecular weight is 198 g/mol. The zero-order valence-corrected chi connectivity index (χ0v) is 7.53. The van der Waals surface area contributed by atoms with Crippen LogP contribution in [0.1, 0.15) is 18.0 Å². The standard InChI is InChI=1S/C8H8ClN3O/c9-7-2-6(11-3-12-7)4-1-5(4)8(10)13/h2-5H,1H2,(H2,10,13)/t4-,5?/m0/s1. The number of nitrogens with two attached hydrogens (primary N) is 1. The van der Waals surface area contributed by atoms with Gasteiger partial charge in [0.2, 0.25) is 5.91 Å². The average Bonchev–Trinajstić information content (AvgIpc) is 2.82. The predicted octanol–water partition coefficient (Wildman–Crippen LogP) is 0.719. The fourth-order valence-electron chi connectivity index (χ4n) is 1.39. The third kappa shape index (κ3) is 1.62. The third-order valence-electron chi connectivity index (χ3n) is 2.19. The van der Waals surface area contributed by atoms with E-state index in [9.17, 15) is 4.79 Å². The van der Waals surface area contributed by atoms with Crippen LogP contribution in [0, 0.1) is 5.92 Å². The smallest absolute Gasteiger partial charge is 0.221 e. The lowest BCUT2D eigenvalue weighted by atomic mass is 10.2. The summed E-state index contributed by atoms with van der Waals surface area (Å²) in [6.45, 7) is 0. The number of primary amides is 1. The number of hydrogen-bond donors (Lipinski definition) is 1. The minimum absolute atomic E-state index is 0.0639. The molecule has 13 heavy (non-hydrogen) atoms. The summed E-state index contributed by atoms with van der Waals surface area (Å²) in [7, 11) is 0. The number of nitrogens with zero attached hydrogens (tertiary/aromatic N) is 2. The predicted molar refractivity (Wildman–Crippen MR) is 47.1 cm³/mol. The maximum absolute atomic E-state index is 10.8. The van der Waals surface area contributed by atoms with Gasteiger partial charge in [-0.25, -0.2) is 9.97 Å². The lowest BCUT2D eigenvalue weighted by molar-refractivity contribution is -0.119. The van der Waals surface area contributed by atoms with Crippen molar-refractivity contribution >= 4 is 17.5 Å². The number of aromatic nitrogens is 2. The first-order valence-electron chi connectivity index (χ1n) is 3.95. The van der Waals surface area contributed by atoms with Crippen LogP contribution < -0.4 is 5.73 Å². The molecule has 0 spiro atoms. The van der Waals surface area contributed by atoms with Crippen molar-refractivity contribution in [3.8, 4) is 0 Å². The van der Waals surface area contributed by atoms with E-state index in [1.54, 1.807) is 6.07 Å². The van der Waals surface area contributed by atoms with Gasteiger partial charge in [0.1, 0.15) is 11.5 Å². The molecule has 1 aliphatic rings. The van der Waals surface area contributed by atoms with Crippen molar-refractivity contribution in [2.24, 2.45) is 11.7 Å². The summed E-state index contributed by atoms with van der Waals surface area (Å²) in [5.41, 5.74) is 5.96. The third-order valence-corrected chi connectivity index (χ3v) is 2.40. The minimum Gasteiger partial charge on any atom is -0.369 e. The van der Waals surface area contributed by atoms with Gasteiger partial charge in [-0.1, -0.05) is 11.6 Å². The van der Waals surface area contributed by atoms with E-state index in [0.717, 1.165) is 12.1 Å². The lowest BCUT2D eigenvalue weighted by Crippen LogP contribution is -2.13. The molecule has 0 aliphatic heterocycles. The zero-order chi connectivity index (χ0) is 9.42. The Labute approximate surface area is 80.1 Å². The second-order valence-electron chi connectivity index (χ2n) is 3.12. The van der Waals surface area contributed by atoms with Crippen molar-refractivity contribution in [1.82, 2.24) is 9.97 Å². The highest BCUT2D eigenvalue weighted by atomic mass is 35.5. The van der Waals surface area contributed by atoms with Crippen molar-refractivity contribution in [1.29, 1.82) is 0 Å². The van der Waals surface area contributed by atoms with Crippen molar-refractivity contribution in [2.45, 2.75) is 12.3 Å². The molecule has 0 radical (unpaired) electrons. The molecule has 1 aromatic rings. The molecule has 68 valence electrons. The monoisotopic (exact) mass is 197 g/mol. The van der Waals surface area contributed by atoms with Crippen molar-refractivity contribution in [2.75, 3.05) is 0 Å². The minimum atomic E-state index is -0.264. The van der Waals surface area contributed by atoms with Crippen LogP contribution >= 0.6 is 11.6 Å². The second-order valence-corrected chi connectivity index (χ2v) is 3.50. The molecule has 1 heterocycles. The summed E-state index contributed by atoms with van der Waals surface area (Å²) in [6, 6.07) is 1.68. The van der Waals surface area contributed by atoms with Gasteiger partial charge >= 0.3 is 0 Å². The second kappa shape index (κ2) is 2.96. The molecule has 1 saturated carbocycles. The molecule has 2 atom stereocenters. The largest absolute Gasteiger partial charge is 0.369 e. The quantitative estimate of drug-likeness (QED) is 0.711. The van der Waals surface area contributed by atoms with Crippen LogP contribution in [0.3, 0.4) is 0 Å². The Morgan fingerprint density at radius 1 is 1.62 bits per heavy atom. The summed E-state index contributed by atoms with van der Waals surface area (Å²) in [4.78, 5) is 18.6. The summed E-state index contributed by atoms with van der Waals surface area (Å²) in [6.07, 6.45) is 2.18. The molecular weight excluding hydrogens is 190 g/mol. The Bertz CT molecular complexity index is 355. The van der Waals surface area contributed by atoms with Gasteiger partial charge < -0.3 is 5.73 Å². The fraction of sp³-hybridized carbons (Fsp3) is 0.375. The summed E-state index contributed by atoms with van der Waals surface area (Å²) >= 11 is 5.68. The molecular formula is C8H8ClN3O.